The highest BCUT2D eigenvalue weighted by Gasteiger charge is 2.17. The molecule has 0 aliphatic carbocycles. The van der Waals surface area contributed by atoms with E-state index in [-0.39, 0.29) is 0 Å². The molecule has 8 heteroatoms. The maximum absolute atomic E-state index is 6.10. The third-order valence-corrected chi connectivity index (χ3v) is 5.04. The maximum Gasteiger partial charge on any atom is 0.191 e. The number of ether oxygens (including phenoxy) is 1. The van der Waals surface area contributed by atoms with Crippen molar-refractivity contribution in [3.05, 3.63) is 21.9 Å². The minimum Gasteiger partial charge on any atom is -0.379 e. The molecule has 0 spiro atoms. The minimum absolute atomic E-state index is 0.427. The van der Waals surface area contributed by atoms with E-state index in [1.165, 1.54) is 0 Å². The molecule has 1 fully saturated rings. The summed E-state index contributed by atoms with van der Waals surface area (Å²) in [7, 11) is 1.89. The fraction of sp³-hybridized carbons (Fsp3) is 0.688. The van der Waals surface area contributed by atoms with E-state index in [0.29, 0.717) is 22.8 Å². The van der Waals surface area contributed by atoms with Crippen LogP contribution in [0, 0.1) is 0 Å². The van der Waals surface area contributed by atoms with E-state index >= 15 is 0 Å². The molecule has 1 aliphatic heterocycles. The van der Waals surface area contributed by atoms with Crippen LogP contribution < -0.4 is 10.6 Å². The van der Waals surface area contributed by atoms with Gasteiger partial charge in [-0.25, -0.2) is 4.99 Å². The Labute approximate surface area is 154 Å². The van der Waals surface area contributed by atoms with Crippen LogP contribution in [0.15, 0.2) is 11.1 Å². The van der Waals surface area contributed by atoms with Gasteiger partial charge in [0.25, 0.3) is 0 Å². The highest BCUT2D eigenvalue weighted by atomic mass is 35.5. The lowest BCUT2D eigenvalue weighted by molar-refractivity contribution is 0.0211. The average molecular weight is 376 g/mol. The summed E-state index contributed by atoms with van der Waals surface area (Å²) in [5.74, 6) is 0.797. The molecule has 136 valence electrons. The molecule has 0 amide bonds. The number of guanidine groups is 1. The molecule has 0 radical (unpaired) electrons. The van der Waals surface area contributed by atoms with E-state index in [1.54, 1.807) is 0 Å². The van der Waals surface area contributed by atoms with Gasteiger partial charge in [0.1, 0.15) is 5.15 Å². The van der Waals surface area contributed by atoms with E-state index in [0.717, 1.165) is 51.0 Å². The molecule has 1 aromatic heterocycles. The normalized spacial score (nSPS) is 17.8. The van der Waals surface area contributed by atoms with Crippen molar-refractivity contribution in [2.75, 3.05) is 39.4 Å². The second-order valence-corrected chi connectivity index (χ2v) is 6.67. The summed E-state index contributed by atoms with van der Waals surface area (Å²) < 4.78 is 7.26. The van der Waals surface area contributed by atoms with Gasteiger partial charge >= 0.3 is 0 Å². The number of nitrogens with zero attached hydrogens (tertiary/aromatic N) is 3. The van der Waals surface area contributed by atoms with Crippen LogP contribution in [0.3, 0.4) is 0 Å². The quantitative estimate of drug-likeness (QED) is 0.590. The predicted molar refractivity (Wildman–Crippen MR) is 100 cm³/mol. The Kier molecular flexibility index (Phi) is 7.68. The van der Waals surface area contributed by atoms with Crippen LogP contribution in [-0.4, -0.2) is 60.9 Å². The van der Waals surface area contributed by atoms with Crippen LogP contribution in [0.1, 0.15) is 19.5 Å². The van der Waals surface area contributed by atoms with Gasteiger partial charge in [0.05, 0.1) is 24.8 Å². The van der Waals surface area contributed by atoms with Crippen molar-refractivity contribution in [2.24, 2.45) is 12.0 Å². The zero-order valence-electron chi connectivity index (χ0n) is 14.6. The largest absolute Gasteiger partial charge is 0.379 e. The number of hydrogen-bond donors (Lipinski definition) is 2. The van der Waals surface area contributed by atoms with Gasteiger partial charge in [0.2, 0.25) is 0 Å². The van der Waals surface area contributed by atoms with Crippen molar-refractivity contribution < 1.29 is 4.74 Å². The number of aliphatic imine (C=N–C) groups is 1. The van der Waals surface area contributed by atoms with Crippen molar-refractivity contribution in [1.29, 1.82) is 0 Å². The van der Waals surface area contributed by atoms with Crippen molar-refractivity contribution in [3.8, 4) is 0 Å². The first-order chi connectivity index (χ1) is 11.5. The number of hydrogen-bond acceptors (Lipinski definition) is 3. The third-order valence-electron chi connectivity index (χ3n) is 4.19. The van der Waals surface area contributed by atoms with Crippen LogP contribution in [-0.2, 0) is 18.3 Å². The van der Waals surface area contributed by atoms with Gasteiger partial charge in [0, 0.05) is 45.0 Å². The maximum atomic E-state index is 6.10. The molecule has 1 unspecified atom stereocenters. The average Bonchev–Trinajstić information content (AvgIpc) is 2.85. The predicted octanol–water partition coefficient (Wildman–Crippen LogP) is 2.11. The number of morpholine rings is 1. The van der Waals surface area contributed by atoms with Gasteiger partial charge < -0.3 is 19.9 Å². The fourth-order valence-electron chi connectivity index (χ4n) is 2.63. The molecule has 2 rings (SSSR count). The van der Waals surface area contributed by atoms with Crippen LogP contribution in [0.2, 0.25) is 10.2 Å². The molecular formula is C16H27Cl2N5O. The Morgan fingerprint density at radius 1 is 1.33 bits per heavy atom. The Morgan fingerprint density at radius 3 is 2.62 bits per heavy atom. The van der Waals surface area contributed by atoms with Crippen LogP contribution in [0.25, 0.3) is 0 Å². The summed E-state index contributed by atoms with van der Waals surface area (Å²) in [5, 5.41) is 7.78. The number of rotatable bonds is 6. The second kappa shape index (κ2) is 9.51. The standard InChI is InChI=1S/C16H27Cl2N5O/c1-4-19-16(20-10-12(2)23-5-7-24-8-6-23)21-11-13-9-14(17)15(18)22(13)3/h9,12H,4-8,10-11H2,1-3H3,(H2,19,20,21). The molecule has 1 aliphatic rings. The lowest BCUT2D eigenvalue weighted by Crippen LogP contribution is -2.49. The minimum atomic E-state index is 0.427. The topological polar surface area (TPSA) is 53.8 Å². The molecule has 0 aromatic carbocycles. The van der Waals surface area contributed by atoms with Crippen molar-refractivity contribution >= 4 is 29.2 Å². The zero-order valence-corrected chi connectivity index (χ0v) is 16.1. The van der Waals surface area contributed by atoms with E-state index in [9.17, 15) is 0 Å². The molecule has 24 heavy (non-hydrogen) atoms. The molecule has 6 nitrogen and oxygen atoms in total. The number of aromatic nitrogens is 1. The highest BCUT2D eigenvalue weighted by Crippen LogP contribution is 2.25. The first kappa shape index (κ1) is 19.4. The Morgan fingerprint density at radius 2 is 2.04 bits per heavy atom. The van der Waals surface area contributed by atoms with Gasteiger partial charge in [-0.05, 0) is 19.9 Å². The smallest absolute Gasteiger partial charge is 0.191 e. The summed E-state index contributed by atoms with van der Waals surface area (Å²) in [6, 6.07) is 2.28. The second-order valence-electron chi connectivity index (χ2n) is 5.91. The van der Waals surface area contributed by atoms with Gasteiger partial charge in [-0.15, -0.1) is 0 Å². The van der Waals surface area contributed by atoms with Gasteiger partial charge in [-0.2, -0.15) is 0 Å². The molecule has 1 aromatic rings. The first-order valence-electron chi connectivity index (χ1n) is 8.36. The van der Waals surface area contributed by atoms with Crippen LogP contribution >= 0.6 is 23.2 Å². The Balaban J connectivity index is 1.91. The molecule has 0 bridgehead atoms. The molecule has 2 N–H and O–H groups in total. The summed E-state index contributed by atoms with van der Waals surface area (Å²) in [6.07, 6.45) is 0. The van der Waals surface area contributed by atoms with Crippen molar-refractivity contribution in [3.63, 3.8) is 0 Å². The molecule has 0 saturated carbocycles. The number of nitrogens with one attached hydrogen (secondary N) is 2. The van der Waals surface area contributed by atoms with E-state index in [1.807, 2.05) is 17.7 Å². The van der Waals surface area contributed by atoms with Crippen molar-refractivity contribution in [2.45, 2.75) is 26.4 Å². The van der Waals surface area contributed by atoms with E-state index < -0.39 is 0 Å². The molecule has 2 heterocycles. The lowest BCUT2D eigenvalue weighted by atomic mass is 10.2. The van der Waals surface area contributed by atoms with Gasteiger partial charge in [-0.3, -0.25) is 4.90 Å². The lowest BCUT2D eigenvalue weighted by Gasteiger charge is -2.32. The van der Waals surface area contributed by atoms with Gasteiger partial charge in [-0.1, -0.05) is 23.2 Å². The Bertz CT molecular complexity index is 555. The van der Waals surface area contributed by atoms with Crippen LogP contribution in [0.4, 0.5) is 0 Å². The molecule has 1 atom stereocenters. The SMILES string of the molecule is CCNC(=NCc1cc(Cl)c(Cl)n1C)NCC(C)N1CCOCC1. The summed E-state index contributed by atoms with van der Waals surface area (Å²) in [6.45, 7) is 10.0. The first-order valence-corrected chi connectivity index (χ1v) is 9.12. The van der Waals surface area contributed by atoms with Crippen molar-refractivity contribution in [1.82, 2.24) is 20.1 Å². The summed E-state index contributed by atoms with van der Waals surface area (Å²) in [5.41, 5.74) is 0.975. The molecule has 1 saturated heterocycles. The van der Waals surface area contributed by atoms with E-state index in [2.05, 4.69) is 34.4 Å². The molecular weight excluding hydrogens is 349 g/mol. The zero-order chi connectivity index (χ0) is 17.5. The third kappa shape index (κ3) is 5.28. The Hall–Kier alpha value is -0.950. The highest BCUT2D eigenvalue weighted by molar-refractivity contribution is 6.41. The monoisotopic (exact) mass is 375 g/mol. The van der Waals surface area contributed by atoms with Gasteiger partial charge in [0.15, 0.2) is 5.96 Å². The number of halogens is 2. The summed E-state index contributed by atoms with van der Waals surface area (Å²) in [4.78, 5) is 7.06. The summed E-state index contributed by atoms with van der Waals surface area (Å²) >= 11 is 12.2. The fourth-order valence-corrected chi connectivity index (χ4v) is 3.05. The van der Waals surface area contributed by atoms with E-state index in [4.69, 9.17) is 27.9 Å². The van der Waals surface area contributed by atoms with Crippen LogP contribution in [0.5, 0.6) is 0 Å².